The summed E-state index contributed by atoms with van der Waals surface area (Å²) in [4.78, 5) is 6.78. The summed E-state index contributed by atoms with van der Waals surface area (Å²) in [6, 6.07) is 12.1. The van der Waals surface area contributed by atoms with Crippen LogP contribution < -0.4 is 0 Å². The lowest BCUT2D eigenvalue weighted by Gasteiger charge is -2.01. The predicted octanol–water partition coefficient (Wildman–Crippen LogP) is 4.88. The molecule has 21 heavy (non-hydrogen) atoms. The number of rotatable bonds is 2. The van der Waals surface area contributed by atoms with Crippen LogP contribution in [-0.4, -0.2) is 9.97 Å². The number of aromatic nitrogens is 2. The quantitative estimate of drug-likeness (QED) is 0.517. The van der Waals surface area contributed by atoms with Gasteiger partial charge >= 0.3 is 0 Å². The Kier molecular flexibility index (Phi) is 2.80. The molecule has 4 nitrogen and oxygen atoms in total. The Morgan fingerprint density at radius 1 is 0.762 bits per heavy atom. The third-order valence-electron chi connectivity index (χ3n) is 3.38. The maximum absolute atomic E-state index is 5.44. The van der Waals surface area contributed by atoms with E-state index in [0.29, 0.717) is 9.67 Å². The van der Waals surface area contributed by atoms with Gasteiger partial charge in [0.05, 0.1) is 11.0 Å². The SMILES string of the molecule is S=c1[nH]c2ccc(Cc3ccc4[nH]c(=S)oc4c3)cc2o1. The van der Waals surface area contributed by atoms with Gasteiger partial charge in [0.1, 0.15) is 0 Å². The summed E-state index contributed by atoms with van der Waals surface area (Å²) in [5.74, 6) is 0. The van der Waals surface area contributed by atoms with Gasteiger partial charge in [-0.05, 0) is 66.2 Å². The largest absolute Gasteiger partial charge is 0.429 e. The Morgan fingerprint density at radius 3 is 1.71 bits per heavy atom. The van der Waals surface area contributed by atoms with Gasteiger partial charge in [-0.15, -0.1) is 0 Å². The van der Waals surface area contributed by atoms with Crippen molar-refractivity contribution in [3.8, 4) is 0 Å². The average Bonchev–Trinajstić information content (AvgIpc) is 2.98. The van der Waals surface area contributed by atoms with E-state index in [2.05, 4.69) is 22.1 Å². The smallest absolute Gasteiger partial charge is 0.266 e. The van der Waals surface area contributed by atoms with Gasteiger partial charge in [0.15, 0.2) is 11.2 Å². The van der Waals surface area contributed by atoms with Crippen molar-refractivity contribution in [2.45, 2.75) is 6.42 Å². The summed E-state index contributed by atoms with van der Waals surface area (Å²) in [5, 5.41) is 0. The highest BCUT2D eigenvalue weighted by molar-refractivity contribution is 7.71. The summed E-state index contributed by atoms with van der Waals surface area (Å²) in [5.41, 5.74) is 5.67. The van der Waals surface area contributed by atoms with Gasteiger partial charge in [0.25, 0.3) is 9.67 Å². The topological polar surface area (TPSA) is 57.9 Å². The van der Waals surface area contributed by atoms with Crippen LogP contribution in [0.15, 0.2) is 45.2 Å². The lowest BCUT2D eigenvalue weighted by atomic mass is 10.0. The third-order valence-corrected chi connectivity index (χ3v) is 3.75. The summed E-state index contributed by atoms with van der Waals surface area (Å²) in [7, 11) is 0. The molecular weight excluding hydrogens is 304 g/mol. The van der Waals surface area contributed by atoms with Crippen molar-refractivity contribution in [2.75, 3.05) is 0 Å². The van der Waals surface area contributed by atoms with Gasteiger partial charge < -0.3 is 18.8 Å². The van der Waals surface area contributed by atoms with Crippen LogP contribution in [0.2, 0.25) is 0 Å². The fourth-order valence-electron chi connectivity index (χ4n) is 2.44. The van der Waals surface area contributed by atoms with E-state index in [1.54, 1.807) is 0 Å². The van der Waals surface area contributed by atoms with E-state index in [4.69, 9.17) is 33.3 Å². The van der Waals surface area contributed by atoms with Crippen LogP contribution in [0.4, 0.5) is 0 Å². The Labute approximate surface area is 129 Å². The number of aromatic amines is 2. The third kappa shape index (κ3) is 2.32. The van der Waals surface area contributed by atoms with Gasteiger partial charge in [0.2, 0.25) is 0 Å². The fraction of sp³-hybridized carbons (Fsp3) is 0.0667. The van der Waals surface area contributed by atoms with Gasteiger partial charge in [0, 0.05) is 0 Å². The van der Waals surface area contributed by atoms with E-state index in [-0.39, 0.29) is 0 Å². The van der Waals surface area contributed by atoms with E-state index in [1.807, 2.05) is 24.3 Å². The molecule has 0 fully saturated rings. The Bertz CT molecular complexity index is 982. The number of nitrogens with one attached hydrogen (secondary N) is 2. The van der Waals surface area contributed by atoms with Crippen molar-refractivity contribution < 1.29 is 8.83 Å². The van der Waals surface area contributed by atoms with Crippen molar-refractivity contribution in [3.63, 3.8) is 0 Å². The average molecular weight is 314 g/mol. The maximum Gasteiger partial charge on any atom is 0.266 e. The van der Waals surface area contributed by atoms with Crippen LogP contribution in [-0.2, 0) is 6.42 Å². The van der Waals surface area contributed by atoms with E-state index >= 15 is 0 Å². The molecule has 104 valence electrons. The molecule has 0 spiro atoms. The molecule has 0 aliphatic rings. The van der Waals surface area contributed by atoms with E-state index in [9.17, 15) is 0 Å². The van der Waals surface area contributed by atoms with Crippen LogP contribution in [0, 0.1) is 9.67 Å². The van der Waals surface area contributed by atoms with E-state index in [1.165, 1.54) is 0 Å². The van der Waals surface area contributed by atoms with Crippen molar-refractivity contribution in [1.82, 2.24) is 9.97 Å². The first-order chi connectivity index (χ1) is 10.2. The molecule has 0 amide bonds. The highest BCUT2D eigenvalue weighted by atomic mass is 32.1. The van der Waals surface area contributed by atoms with Gasteiger partial charge in [-0.3, -0.25) is 0 Å². The van der Waals surface area contributed by atoms with Crippen molar-refractivity contribution in [1.29, 1.82) is 0 Å². The molecule has 0 aliphatic carbocycles. The first-order valence-electron chi connectivity index (χ1n) is 6.41. The number of fused-ring (bicyclic) bond motifs is 2. The van der Waals surface area contributed by atoms with Gasteiger partial charge in [-0.1, -0.05) is 12.1 Å². The fourth-order valence-corrected chi connectivity index (χ4v) is 2.83. The lowest BCUT2D eigenvalue weighted by molar-refractivity contribution is 0.583. The highest BCUT2D eigenvalue weighted by Crippen LogP contribution is 2.20. The molecule has 6 heteroatoms. The number of H-pyrrole nitrogens is 2. The second kappa shape index (κ2) is 4.68. The molecular formula is C15H10N2O2S2. The molecule has 0 bridgehead atoms. The number of oxazole rings is 2. The van der Waals surface area contributed by atoms with Crippen LogP contribution in [0.3, 0.4) is 0 Å². The van der Waals surface area contributed by atoms with Crippen LogP contribution in [0.1, 0.15) is 11.1 Å². The second-order valence-corrected chi connectivity index (χ2v) is 5.61. The molecule has 0 atom stereocenters. The Morgan fingerprint density at radius 2 is 1.24 bits per heavy atom. The minimum atomic E-state index is 0.396. The zero-order valence-corrected chi connectivity index (χ0v) is 12.4. The molecule has 0 saturated heterocycles. The van der Waals surface area contributed by atoms with Crippen LogP contribution in [0.5, 0.6) is 0 Å². The van der Waals surface area contributed by atoms with E-state index < -0.39 is 0 Å². The number of hydrogen-bond acceptors (Lipinski definition) is 4. The van der Waals surface area contributed by atoms with Crippen LogP contribution >= 0.6 is 24.4 Å². The molecule has 0 aliphatic heterocycles. The first kappa shape index (κ1) is 12.6. The number of benzene rings is 2. The molecule has 2 aromatic carbocycles. The zero-order chi connectivity index (χ0) is 14.4. The molecule has 0 radical (unpaired) electrons. The Hall–Kier alpha value is -2.18. The molecule has 2 heterocycles. The lowest BCUT2D eigenvalue weighted by Crippen LogP contribution is -1.87. The molecule has 2 N–H and O–H groups in total. The van der Waals surface area contributed by atoms with Gasteiger partial charge in [-0.25, -0.2) is 0 Å². The van der Waals surface area contributed by atoms with E-state index in [0.717, 1.165) is 39.7 Å². The minimum absolute atomic E-state index is 0.396. The van der Waals surface area contributed by atoms with Gasteiger partial charge in [-0.2, -0.15) is 0 Å². The number of hydrogen-bond donors (Lipinski definition) is 2. The Balaban J connectivity index is 1.74. The van der Waals surface area contributed by atoms with Crippen molar-refractivity contribution in [3.05, 3.63) is 57.2 Å². The molecule has 4 aromatic rings. The molecule has 4 rings (SSSR count). The monoisotopic (exact) mass is 314 g/mol. The highest BCUT2D eigenvalue weighted by Gasteiger charge is 2.04. The van der Waals surface area contributed by atoms with Crippen molar-refractivity contribution in [2.24, 2.45) is 0 Å². The van der Waals surface area contributed by atoms with Crippen molar-refractivity contribution >= 4 is 46.6 Å². The normalized spacial score (nSPS) is 11.4. The summed E-state index contributed by atoms with van der Waals surface area (Å²) >= 11 is 9.99. The summed E-state index contributed by atoms with van der Waals surface area (Å²) < 4.78 is 10.9. The zero-order valence-electron chi connectivity index (χ0n) is 10.8. The maximum atomic E-state index is 5.44. The first-order valence-corrected chi connectivity index (χ1v) is 7.22. The predicted molar refractivity (Wildman–Crippen MR) is 85.6 cm³/mol. The summed E-state index contributed by atoms with van der Waals surface area (Å²) in [6.45, 7) is 0. The second-order valence-electron chi connectivity index (χ2n) is 4.87. The summed E-state index contributed by atoms with van der Waals surface area (Å²) in [6.07, 6.45) is 0.785. The molecule has 0 unspecified atom stereocenters. The standard InChI is InChI=1S/C15H10N2O2S2/c20-14-16-10-3-1-8(6-12(10)18-14)5-9-2-4-11-13(7-9)19-15(21)17-11/h1-4,6-7H,5H2,(H,16,20)(H,17,21). The molecule has 2 aromatic heterocycles. The minimum Gasteiger partial charge on any atom is -0.429 e. The van der Waals surface area contributed by atoms with Crippen LogP contribution in [0.25, 0.3) is 22.2 Å². The molecule has 0 saturated carbocycles.